The number of hydrogen-bond donors (Lipinski definition) is 1. The van der Waals surface area contributed by atoms with Gasteiger partial charge in [-0.15, -0.1) is 0 Å². The van der Waals surface area contributed by atoms with E-state index in [4.69, 9.17) is 9.47 Å². The van der Waals surface area contributed by atoms with E-state index in [1.54, 1.807) is 19.1 Å². The lowest BCUT2D eigenvalue weighted by atomic mass is 10.1. The van der Waals surface area contributed by atoms with Crippen LogP contribution in [0.1, 0.15) is 6.92 Å². The predicted molar refractivity (Wildman–Crippen MR) is 70.5 cm³/mol. The molecule has 1 saturated heterocycles. The van der Waals surface area contributed by atoms with Crippen LogP contribution >= 0.6 is 0 Å². The Kier molecular flexibility index (Phi) is 3.22. The Hall–Kier alpha value is -2.24. The average Bonchev–Trinajstić information content (AvgIpc) is 2.46. The highest BCUT2D eigenvalue weighted by Gasteiger charge is 2.37. The molecule has 0 saturated carbocycles. The number of carbonyl (C=O) groups excluding carboxylic acids is 2. The molecule has 2 atom stereocenters. The average molecular weight is 276 g/mol. The van der Waals surface area contributed by atoms with Crippen LogP contribution in [0.3, 0.4) is 0 Å². The van der Waals surface area contributed by atoms with Crippen LogP contribution in [0.2, 0.25) is 0 Å². The van der Waals surface area contributed by atoms with Gasteiger partial charge < -0.3 is 19.7 Å². The summed E-state index contributed by atoms with van der Waals surface area (Å²) in [7, 11) is 0. The summed E-state index contributed by atoms with van der Waals surface area (Å²) in [5.41, 5.74) is 0. The number of amides is 2. The third kappa shape index (κ3) is 2.29. The van der Waals surface area contributed by atoms with E-state index in [2.05, 4.69) is 5.32 Å². The van der Waals surface area contributed by atoms with Crippen molar-refractivity contribution in [2.75, 3.05) is 19.6 Å². The van der Waals surface area contributed by atoms with Gasteiger partial charge in [0.15, 0.2) is 11.5 Å². The zero-order valence-electron chi connectivity index (χ0n) is 11.2. The van der Waals surface area contributed by atoms with Crippen LogP contribution in [0.5, 0.6) is 11.5 Å². The van der Waals surface area contributed by atoms with Crippen molar-refractivity contribution in [3.63, 3.8) is 0 Å². The molecular weight excluding hydrogens is 260 g/mol. The molecule has 0 aliphatic carbocycles. The van der Waals surface area contributed by atoms with E-state index < -0.39 is 6.10 Å². The highest BCUT2D eigenvalue weighted by Crippen LogP contribution is 2.33. The maximum Gasteiger partial charge on any atom is 0.268 e. The molecular formula is C14H16N2O4. The number of nitrogens with zero attached hydrogens (tertiary/aromatic N) is 1. The predicted octanol–water partition coefficient (Wildman–Crippen LogP) is 0.173. The third-order valence-electron chi connectivity index (χ3n) is 3.44. The fourth-order valence-corrected chi connectivity index (χ4v) is 2.40. The highest BCUT2D eigenvalue weighted by molar-refractivity contribution is 5.88. The van der Waals surface area contributed by atoms with Crippen molar-refractivity contribution in [2.45, 2.75) is 19.1 Å². The van der Waals surface area contributed by atoms with Gasteiger partial charge in [-0.25, -0.2) is 0 Å². The number of hydrogen-bond acceptors (Lipinski definition) is 4. The number of piperazine rings is 1. The van der Waals surface area contributed by atoms with Crippen LogP contribution in [-0.4, -0.2) is 48.6 Å². The van der Waals surface area contributed by atoms with Crippen molar-refractivity contribution in [1.29, 1.82) is 0 Å². The fourth-order valence-electron chi connectivity index (χ4n) is 2.40. The van der Waals surface area contributed by atoms with Crippen molar-refractivity contribution < 1.29 is 19.1 Å². The quantitative estimate of drug-likeness (QED) is 0.794. The first kappa shape index (κ1) is 12.8. The molecule has 1 aromatic carbocycles. The second-order valence-electron chi connectivity index (χ2n) is 4.92. The standard InChI is InChI=1S/C14H16N2O4/c1-9-13(14(18)16-7-6-15-12(17)8-16)20-11-5-3-2-4-10(11)19-9/h2-5,9,13H,6-8H2,1H3,(H,15,17)/t9-,13-/m0/s1. The van der Waals surface area contributed by atoms with Gasteiger partial charge in [-0.3, -0.25) is 9.59 Å². The number of benzene rings is 1. The second-order valence-corrected chi connectivity index (χ2v) is 4.92. The normalized spacial score (nSPS) is 25.1. The SMILES string of the molecule is C[C@@H]1Oc2ccccc2O[C@@H]1C(=O)N1CCNC(=O)C1. The molecule has 0 aromatic heterocycles. The van der Waals surface area contributed by atoms with Gasteiger partial charge in [0, 0.05) is 13.1 Å². The lowest BCUT2D eigenvalue weighted by Gasteiger charge is -2.35. The fraction of sp³-hybridized carbons (Fsp3) is 0.429. The number of carbonyl (C=O) groups is 2. The molecule has 3 rings (SSSR count). The van der Waals surface area contributed by atoms with Crippen molar-refractivity contribution in [1.82, 2.24) is 10.2 Å². The van der Waals surface area contributed by atoms with E-state index in [1.807, 2.05) is 12.1 Å². The minimum absolute atomic E-state index is 0.0764. The molecule has 2 amide bonds. The van der Waals surface area contributed by atoms with Crippen LogP contribution in [0.25, 0.3) is 0 Å². The van der Waals surface area contributed by atoms with Gasteiger partial charge >= 0.3 is 0 Å². The Labute approximate surface area is 116 Å². The van der Waals surface area contributed by atoms with E-state index in [9.17, 15) is 9.59 Å². The number of para-hydroxylation sites is 2. The number of rotatable bonds is 1. The van der Waals surface area contributed by atoms with Gasteiger partial charge in [-0.1, -0.05) is 12.1 Å². The summed E-state index contributed by atoms with van der Waals surface area (Å²) in [4.78, 5) is 25.3. The summed E-state index contributed by atoms with van der Waals surface area (Å²) in [5.74, 6) is 0.849. The van der Waals surface area contributed by atoms with Gasteiger partial charge in [-0.2, -0.15) is 0 Å². The Morgan fingerprint density at radius 1 is 1.30 bits per heavy atom. The summed E-state index contributed by atoms with van der Waals surface area (Å²) < 4.78 is 11.5. The molecule has 20 heavy (non-hydrogen) atoms. The maximum absolute atomic E-state index is 12.5. The minimum atomic E-state index is -0.712. The summed E-state index contributed by atoms with van der Waals surface area (Å²) in [6.07, 6.45) is -1.10. The minimum Gasteiger partial charge on any atom is -0.482 e. The first-order valence-corrected chi connectivity index (χ1v) is 6.63. The summed E-state index contributed by atoms with van der Waals surface area (Å²) in [6, 6.07) is 7.26. The number of nitrogens with one attached hydrogen (secondary N) is 1. The topological polar surface area (TPSA) is 67.9 Å². The van der Waals surface area contributed by atoms with E-state index in [1.165, 1.54) is 4.90 Å². The lowest BCUT2D eigenvalue weighted by molar-refractivity contribution is -0.148. The van der Waals surface area contributed by atoms with Gasteiger partial charge in [0.25, 0.3) is 5.91 Å². The molecule has 1 N–H and O–H groups in total. The highest BCUT2D eigenvalue weighted by atomic mass is 16.6. The molecule has 6 heteroatoms. The first-order chi connectivity index (χ1) is 9.65. The summed E-state index contributed by atoms with van der Waals surface area (Å²) >= 11 is 0. The van der Waals surface area contributed by atoms with Gasteiger partial charge in [0.05, 0.1) is 6.54 Å². The van der Waals surface area contributed by atoms with E-state index >= 15 is 0 Å². The molecule has 0 bridgehead atoms. The van der Waals surface area contributed by atoms with E-state index in [0.29, 0.717) is 24.6 Å². The summed E-state index contributed by atoms with van der Waals surface area (Å²) in [6.45, 7) is 2.84. The molecule has 6 nitrogen and oxygen atoms in total. The Morgan fingerprint density at radius 2 is 2.00 bits per heavy atom. The lowest BCUT2D eigenvalue weighted by Crippen LogP contribution is -2.56. The van der Waals surface area contributed by atoms with Crippen molar-refractivity contribution in [3.05, 3.63) is 24.3 Å². The molecule has 0 unspecified atom stereocenters. The maximum atomic E-state index is 12.5. The number of ether oxygens (including phenoxy) is 2. The zero-order chi connectivity index (χ0) is 14.1. The Balaban J connectivity index is 1.77. The number of fused-ring (bicyclic) bond motifs is 1. The Morgan fingerprint density at radius 3 is 2.70 bits per heavy atom. The van der Waals surface area contributed by atoms with Gasteiger partial charge in [-0.05, 0) is 19.1 Å². The van der Waals surface area contributed by atoms with Crippen molar-refractivity contribution in [3.8, 4) is 11.5 Å². The van der Waals surface area contributed by atoms with Crippen LogP contribution in [0.15, 0.2) is 24.3 Å². The summed E-state index contributed by atoms with van der Waals surface area (Å²) in [5, 5.41) is 2.69. The van der Waals surface area contributed by atoms with Crippen LogP contribution in [0.4, 0.5) is 0 Å². The van der Waals surface area contributed by atoms with E-state index in [-0.39, 0.29) is 24.5 Å². The molecule has 1 aromatic rings. The van der Waals surface area contributed by atoms with Crippen molar-refractivity contribution >= 4 is 11.8 Å². The van der Waals surface area contributed by atoms with Gasteiger partial charge in [0.1, 0.15) is 6.10 Å². The molecule has 106 valence electrons. The third-order valence-corrected chi connectivity index (χ3v) is 3.44. The molecule has 0 radical (unpaired) electrons. The second kappa shape index (κ2) is 5.03. The largest absolute Gasteiger partial charge is 0.482 e. The van der Waals surface area contributed by atoms with Crippen LogP contribution < -0.4 is 14.8 Å². The monoisotopic (exact) mass is 276 g/mol. The Bertz CT molecular complexity index is 546. The zero-order valence-corrected chi connectivity index (χ0v) is 11.2. The van der Waals surface area contributed by atoms with Crippen LogP contribution in [-0.2, 0) is 9.59 Å². The van der Waals surface area contributed by atoms with Gasteiger partial charge in [0.2, 0.25) is 12.0 Å². The first-order valence-electron chi connectivity index (χ1n) is 6.63. The van der Waals surface area contributed by atoms with E-state index in [0.717, 1.165) is 0 Å². The molecule has 0 spiro atoms. The molecule has 2 heterocycles. The molecule has 1 fully saturated rings. The molecule has 2 aliphatic heterocycles. The molecule has 2 aliphatic rings. The van der Waals surface area contributed by atoms with Crippen LogP contribution in [0, 0.1) is 0 Å². The van der Waals surface area contributed by atoms with Crippen molar-refractivity contribution in [2.24, 2.45) is 0 Å². The smallest absolute Gasteiger partial charge is 0.268 e.